The molecular formula is C14H27BrN4O2. The molecule has 0 spiro atoms. The van der Waals surface area contributed by atoms with E-state index in [0.29, 0.717) is 12.5 Å². The van der Waals surface area contributed by atoms with E-state index in [4.69, 9.17) is 10.5 Å². The van der Waals surface area contributed by atoms with E-state index < -0.39 is 6.04 Å². The maximum absolute atomic E-state index is 12.7. The van der Waals surface area contributed by atoms with Crippen LogP contribution in [0, 0.1) is 11.8 Å². The smallest absolute Gasteiger partial charge is 0.240 e. The normalized spacial score (nSPS) is 34.7. The first-order chi connectivity index (χ1) is 9.93. The maximum atomic E-state index is 12.7. The van der Waals surface area contributed by atoms with Crippen LogP contribution in [0.3, 0.4) is 0 Å². The number of ether oxygens (including phenoxy) is 1. The third-order valence-corrected chi connectivity index (χ3v) is 4.97. The number of carbonyl (C=O) groups is 1. The molecule has 2 aliphatic heterocycles. The fourth-order valence-corrected chi connectivity index (χ4v) is 3.62. The molecule has 0 aliphatic carbocycles. The molecule has 21 heavy (non-hydrogen) atoms. The van der Waals surface area contributed by atoms with Crippen molar-refractivity contribution >= 4 is 21.8 Å². The van der Waals surface area contributed by atoms with Crippen LogP contribution in [0.25, 0.3) is 0 Å². The van der Waals surface area contributed by atoms with Crippen molar-refractivity contribution in [3.8, 4) is 0 Å². The van der Waals surface area contributed by atoms with Crippen molar-refractivity contribution in [2.75, 3.05) is 26.8 Å². The average Bonchev–Trinajstić information content (AvgIpc) is 3.03. The van der Waals surface area contributed by atoms with Crippen molar-refractivity contribution in [1.29, 1.82) is 0 Å². The fourth-order valence-electron chi connectivity index (χ4n) is 3.15. The number of hydrogen-bond donors (Lipinski definition) is 3. The number of rotatable bonds is 5. The Morgan fingerprint density at radius 1 is 1.52 bits per heavy atom. The SMILES string of the molecule is COC[C@H]1C[C@@H](C2NCC(Br)N2)N(C(=O)[C@@H](N)C(C)C)C1. The largest absolute Gasteiger partial charge is 0.384 e. The van der Waals surface area contributed by atoms with Crippen molar-refractivity contribution in [1.82, 2.24) is 15.5 Å². The summed E-state index contributed by atoms with van der Waals surface area (Å²) in [5, 5.41) is 6.87. The zero-order chi connectivity index (χ0) is 15.6. The van der Waals surface area contributed by atoms with Gasteiger partial charge in [0.1, 0.15) is 0 Å². The highest BCUT2D eigenvalue weighted by atomic mass is 79.9. The van der Waals surface area contributed by atoms with Crippen molar-refractivity contribution in [3.63, 3.8) is 0 Å². The molecule has 0 saturated carbocycles. The van der Waals surface area contributed by atoms with E-state index in [9.17, 15) is 4.79 Å². The maximum Gasteiger partial charge on any atom is 0.240 e. The van der Waals surface area contributed by atoms with E-state index in [-0.39, 0.29) is 29.0 Å². The first-order valence-electron chi connectivity index (χ1n) is 7.62. The second-order valence-electron chi connectivity index (χ2n) is 6.40. The number of methoxy groups -OCH3 is 1. The topological polar surface area (TPSA) is 79.6 Å². The van der Waals surface area contributed by atoms with Crippen LogP contribution in [0.2, 0.25) is 0 Å². The standard InChI is InChI=1S/C14H27BrN4O2/c1-8(2)12(16)14(20)19-6-9(7-21-3)4-10(19)13-17-5-11(15)18-13/h8-13,17-18H,4-7,16H2,1-3H3/t9-,10-,11?,12-,13?/m0/s1. The van der Waals surface area contributed by atoms with Gasteiger partial charge in [0.15, 0.2) is 0 Å². The number of nitrogens with zero attached hydrogens (tertiary/aromatic N) is 1. The van der Waals surface area contributed by atoms with Crippen LogP contribution >= 0.6 is 15.9 Å². The minimum Gasteiger partial charge on any atom is -0.384 e. The number of nitrogens with two attached hydrogens (primary N) is 1. The van der Waals surface area contributed by atoms with Gasteiger partial charge >= 0.3 is 0 Å². The Labute approximate surface area is 135 Å². The van der Waals surface area contributed by atoms with Crippen LogP contribution < -0.4 is 16.4 Å². The minimum atomic E-state index is -0.435. The molecule has 122 valence electrons. The molecule has 6 nitrogen and oxygen atoms in total. The molecule has 2 saturated heterocycles. The van der Waals surface area contributed by atoms with Crippen LogP contribution in [-0.4, -0.2) is 60.8 Å². The predicted molar refractivity (Wildman–Crippen MR) is 85.9 cm³/mol. The lowest BCUT2D eigenvalue weighted by Gasteiger charge is -2.32. The summed E-state index contributed by atoms with van der Waals surface area (Å²) in [7, 11) is 1.71. The Morgan fingerprint density at radius 3 is 2.76 bits per heavy atom. The summed E-state index contributed by atoms with van der Waals surface area (Å²) in [6.45, 7) is 6.24. The monoisotopic (exact) mass is 362 g/mol. The summed E-state index contributed by atoms with van der Waals surface area (Å²) >= 11 is 3.55. The molecule has 1 amide bonds. The Hall–Kier alpha value is -0.210. The zero-order valence-corrected chi connectivity index (χ0v) is 14.6. The van der Waals surface area contributed by atoms with Crippen LogP contribution in [0.4, 0.5) is 0 Å². The first kappa shape index (κ1) is 17.1. The number of amides is 1. The van der Waals surface area contributed by atoms with E-state index in [1.807, 2.05) is 18.7 Å². The molecule has 0 aromatic rings. The van der Waals surface area contributed by atoms with Gasteiger partial charge in [0, 0.05) is 26.1 Å². The summed E-state index contributed by atoms with van der Waals surface area (Å²) in [5.41, 5.74) is 6.07. The lowest BCUT2D eigenvalue weighted by molar-refractivity contribution is -0.135. The fraction of sp³-hybridized carbons (Fsp3) is 0.929. The van der Waals surface area contributed by atoms with Crippen LogP contribution in [0.15, 0.2) is 0 Å². The molecule has 0 aromatic heterocycles. The van der Waals surface area contributed by atoms with Gasteiger partial charge in [0.2, 0.25) is 5.91 Å². The number of alkyl halides is 1. The molecule has 7 heteroatoms. The number of nitrogens with one attached hydrogen (secondary N) is 2. The van der Waals surface area contributed by atoms with Gasteiger partial charge < -0.3 is 15.4 Å². The molecule has 4 N–H and O–H groups in total. The zero-order valence-electron chi connectivity index (χ0n) is 13.0. The first-order valence-corrected chi connectivity index (χ1v) is 8.54. The van der Waals surface area contributed by atoms with Gasteiger partial charge in [-0.2, -0.15) is 0 Å². The lowest BCUT2D eigenvalue weighted by atomic mass is 10.0. The highest BCUT2D eigenvalue weighted by Gasteiger charge is 2.43. The number of hydrogen-bond acceptors (Lipinski definition) is 5. The highest BCUT2D eigenvalue weighted by molar-refractivity contribution is 9.09. The predicted octanol–water partition coefficient (Wildman–Crippen LogP) is 0.0731. The van der Waals surface area contributed by atoms with Crippen molar-refractivity contribution < 1.29 is 9.53 Å². The second-order valence-corrected chi connectivity index (χ2v) is 7.51. The molecule has 2 unspecified atom stereocenters. The van der Waals surface area contributed by atoms with Gasteiger partial charge in [-0.25, -0.2) is 0 Å². The third kappa shape index (κ3) is 3.96. The summed E-state index contributed by atoms with van der Waals surface area (Å²) in [6.07, 6.45) is 1.05. The third-order valence-electron chi connectivity index (χ3n) is 4.38. The van der Waals surface area contributed by atoms with Gasteiger partial charge in [0.05, 0.1) is 29.8 Å². The molecule has 2 fully saturated rings. The highest BCUT2D eigenvalue weighted by Crippen LogP contribution is 2.28. The molecule has 2 aliphatic rings. The summed E-state index contributed by atoms with van der Waals surface area (Å²) < 4.78 is 5.27. The van der Waals surface area contributed by atoms with Gasteiger partial charge in [-0.05, 0) is 12.3 Å². The molecule has 5 atom stereocenters. The minimum absolute atomic E-state index is 0.0511. The van der Waals surface area contributed by atoms with Gasteiger partial charge in [-0.1, -0.05) is 29.8 Å². The van der Waals surface area contributed by atoms with E-state index in [1.165, 1.54) is 0 Å². The van der Waals surface area contributed by atoms with E-state index >= 15 is 0 Å². The van der Waals surface area contributed by atoms with E-state index in [2.05, 4.69) is 26.6 Å². The van der Waals surface area contributed by atoms with Crippen molar-refractivity contribution in [3.05, 3.63) is 0 Å². The van der Waals surface area contributed by atoms with Crippen LogP contribution in [0.1, 0.15) is 20.3 Å². The summed E-state index contributed by atoms with van der Waals surface area (Å²) in [6, 6.07) is -0.306. The Kier molecular flexibility index (Phi) is 6.02. The molecule has 2 heterocycles. The lowest BCUT2D eigenvalue weighted by Crippen LogP contribution is -2.56. The molecule has 0 aromatic carbocycles. The van der Waals surface area contributed by atoms with Gasteiger partial charge in [-0.15, -0.1) is 0 Å². The average molecular weight is 363 g/mol. The molecule has 0 bridgehead atoms. The Bertz CT molecular complexity index is 369. The number of carbonyl (C=O) groups excluding carboxylic acids is 1. The molecule has 2 rings (SSSR count). The number of likely N-dealkylation sites (tertiary alicyclic amines) is 1. The Balaban J connectivity index is 2.09. The van der Waals surface area contributed by atoms with Crippen LogP contribution in [-0.2, 0) is 9.53 Å². The van der Waals surface area contributed by atoms with E-state index in [0.717, 1.165) is 19.5 Å². The van der Waals surface area contributed by atoms with Gasteiger partial charge in [-0.3, -0.25) is 15.4 Å². The van der Waals surface area contributed by atoms with E-state index in [1.54, 1.807) is 7.11 Å². The van der Waals surface area contributed by atoms with Crippen LogP contribution in [0.5, 0.6) is 0 Å². The van der Waals surface area contributed by atoms with Crippen molar-refractivity contribution in [2.45, 2.75) is 43.5 Å². The summed E-state index contributed by atoms with van der Waals surface area (Å²) in [4.78, 5) is 14.9. The molecule has 0 radical (unpaired) electrons. The van der Waals surface area contributed by atoms with Gasteiger partial charge in [0.25, 0.3) is 0 Å². The number of halogens is 1. The quantitative estimate of drug-likeness (QED) is 0.476. The Morgan fingerprint density at radius 2 is 2.24 bits per heavy atom. The van der Waals surface area contributed by atoms with Crippen molar-refractivity contribution in [2.24, 2.45) is 17.6 Å². The molecular weight excluding hydrogens is 336 g/mol. The second kappa shape index (κ2) is 7.37. The summed E-state index contributed by atoms with van der Waals surface area (Å²) in [5.74, 6) is 0.574.